The lowest BCUT2D eigenvalue weighted by atomic mass is 9.97. The van der Waals surface area contributed by atoms with E-state index in [4.69, 9.17) is 0 Å². The summed E-state index contributed by atoms with van der Waals surface area (Å²) in [5.41, 5.74) is 4.07. The molecule has 2 nitrogen and oxygen atoms in total. The number of carbonyl (C=O) groups excluding carboxylic acids is 1. The van der Waals surface area contributed by atoms with E-state index >= 15 is 0 Å². The van der Waals surface area contributed by atoms with Crippen molar-refractivity contribution in [2.24, 2.45) is 0 Å². The number of amides is 1. The molecule has 0 N–H and O–H groups in total. The van der Waals surface area contributed by atoms with Crippen LogP contribution in [-0.2, 0) is 17.8 Å². The summed E-state index contributed by atoms with van der Waals surface area (Å²) in [7, 11) is 0. The van der Waals surface area contributed by atoms with Gasteiger partial charge in [-0.2, -0.15) is 0 Å². The Morgan fingerprint density at radius 2 is 1.70 bits per heavy atom. The van der Waals surface area contributed by atoms with Crippen LogP contribution >= 0.6 is 0 Å². The average molecular weight is 305 g/mol. The fourth-order valence-electron chi connectivity index (χ4n) is 3.77. The van der Waals surface area contributed by atoms with Crippen LogP contribution in [0.3, 0.4) is 0 Å². The van der Waals surface area contributed by atoms with Crippen molar-refractivity contribution in [2.45, 2.75) is 50.6 Å². The van der Waals surface area contributed by atoms with Gasteiger partial charge in [-0.05, 0) is 48.3 Å². The van der Waals surface area contributed by atoms with Crippen molar-refractivity contribution in [3.63, 3.8) is 0 Å². The predicted octanol–water partition coefficient (Wildman–Crippen LogP) is 4.30. The van der Waals surface area contributed by atoms with Crippen LogP contribution in [0.2, 0.25) is 0 Å². The molecular weight excluding hydrogens is 282 g/mol. The van der Waals surface area contributed by atoms with Crippen LogP contribution in [0.15, 0.2) is 54.6 Å². The second-order valence-electron chi connectivity index (χ2n) is 6.88. The zero-order valence-electron chi connectivity index (χ0n) is 13.4. The van der Waals surface area contributed by atoms with Crippen LogP contribution in [0.1, 0.15) is 48.3 Å². The van der Waals surface area contributed by atoms with Crippen molar-refractivity contribution in [2.75, 3.05) is 0 Å². The molecule has 2 aliphatic rings. The quantitative estimate of drug-likeness (QED) is 0.806. The number of hydrogen-bond donors (Lipinski definition) is 0. The van der Waals surface area contributed by atoms with Crippen molar-refractivity contribution in [1.29, 1.82) is 0 Å². The zero-order valence-corrected chi connectivity index (χ0v) is 13.4. The predicted molar refractivity (Wildman–Crippen MR) is 92.1 cm³/mol. The number of hydrogen-bond acceptors (Lipinski definition) is 1. The Kier molecular flexibility index (Phi) is 3.90. The molecule has 0 bridgehead atoms. The molecule has 0 spiro atoms. The lowest BCUT2D eigenvalue weighted by Gasteiger charge is -2.24. The van der Waals surface area contributed by atoms with Gasteiger partial charge in [0.15, 0.2) is 0 Å². The second kappa shape index (κ2) is 6.19. The third-order valence-corrected chi connectivity index (χ3v) is 5.18. The topological polar surface area (TPSA) is 20.3 Å². The highest BCUT2D eigenvalue weighted by Crippen LogP contribution is 2.37. The normalized spacial score (nSPS) is 19.4. The maximum atomic E-state index is 12.9. The standard InChI is InChI=1S/C21H23NO/c23-21(14-18-11-10-17-8-4-5-9-20(17)18)22(19-12-13-19)15-16-6-2-1-3-7-16/h1-9,18-19H,10-15H2. The molecule has 2 aliphatic carbocycles. The van der Waals surface area contributed by atoms with Crippen LogP contribution in [0.4, 0.5) is 0 Å². The Morgan fingerprint density at radius 3 is 2.48 bits per heavy atom. The molecule has 2 aromatic rings. The molecule has 23 heavy (non-hydrogen) atoms. The van der Waals surface area contributed by atoms with E-state index in [1.165, 1.54) is 29.5 Å². The monoisotopic (exact) mass is 305 g/mol. The molecule has 2 aromatic carbocycles. The van der Waals surface area contributed by atoms with E-state index in [-0.39, 0.29) is 0 Å². The van der Waals surface area contributed by atoms with Crippen LogP contribution in [0.25, 0.3) is 0 Å². The highest BCUT2D eigenvalue weighted by atomic mass is 16.2. The maximum absolute atomic E-state index is 12.9. The van der Waals surface area contributed by atoms with Crippen LogP contribution in [0, 0.1) is 0 Å². The average Bonchev–Trinajstić information content (AvgIpc) is 3.35. The first-order valence-electron chi connectivity index (χ1n) is 8.72. The molecule has 118 valence electrons. The van der Waals surface area contributed by atoms with Gasteiger partial charge in [-0.25, -0.2) is 0 Å². The Balaban J connectivity index is 1.46. The second-order valence-corrected chi connectivity index (χ2v) is 6.88. The minimum absolute atomic E-state index is 0.332. The number of benzene rings is 2. The van der Waals surface area contributed by atoms with Gasteiger partial charge in [0.1, 0.15) is 0 Å². The van der Waals surface area contributed by atoms with Crippen molar-refractivity contribution >= 4 is 5.91 Å². The van der Waals surface area contributed by atoms with E-state index in [0.717, 1.165) is 19.4 Å². The van der Waals surface area contributed by atoms with Crippen LogP contribution in [0.5, 0.6) is 0 Å². The Labute approximate surface area is 138 Å². The van der Waals surface area contributed by atoms with E-state index < -0.39 is 0 Å². The van der Waals surface area contributed by atoms with Gasteiger partial charge >= 0.3 is 0 Å². The molecular formula is C21H23NO. The summed E-state index contributed by atoms with van der Waals surface area (Å²) in [4.78, 5) is 15.0. The van der Waals surface area contributed by atoms with Crippen molar-refractivity contribution in [1.82, 2.24) is 4.90 Å². The van der Waals surface area contributed by atoms with Gasteiger partial charge in [-0.1, -0.05) is 54.6 Å². The molecule has 2 heteroatoms. The molecule has 1 atom stereocenters. The van der Waals surface area contributed by atoms with Gasteiger partial charge in [0.25, 0.3) is 0 Å². The van der Waals surface area contributed by atoms with Gasteiger partial charge in [0.2, 0.25) is 5.91 Å². The number of fused-ring (bicyclic) bond motifs is 1. The van der Waals surface area contributed by atoms with Gasteiger partial charge in [0.05, 0.1) is 0 Å². The molecule has 0 aliphatic heterocycles. The summed E-state index contributed by atoms with van der Waals surface area (Å²) in [5, 5.41) is 0. The minimum Gasteiger partial charge on any atom is -0.335 e. The van der Waals surface area contributed by atoms with E-state index in [0.29, 0.717) is 24.3 Å². The van der Waals surface area contributed by atoms with Crippen molar-refractivity contribution in [3.8, 4) is 0 Å². The van der Waals surface area contributed by atoms with E-state index in [1.54, 1.807) is 0 Å². The Bertz CT molecular complexity index is 690. The SMILES string of the molecule is O=C(CC1CCc2ccccc21)N(Cc1ccccc1)C1CC1. The Morgan fingerprint density at radius 1 is 0.957 bits per heavy atom. The maximum Gasteiger partial charge on any atom is 0.223 e. The van der Waals surface area contributed by atoms with Crippen molar-refractivity contribution < 1.29 is 4.79 Å². The van der Waals surface area contributed by atoms with Crippen molar-refractivity contribution in [3.05, 3.63) is 71.3 Å². The molecule has 1 unspecified atom stereocenters. The summed E-state index contributed by atoms with van der Waals surface area (Å²) in [6, 6.07) is 19.5. The third-order valence-electron chi connectivity index (χ3n) is 5.18. The largest absolute Gasteiger partial charge is 0.335 e. The lowest BCUT2D eigenvalue weighted by molar-refractivity contribution is -0.132. The molecule has 1 saturated carbocycles. The fourth-order valence-corrected chi connectivity index (χ4v) is 3.77. The molecule has 0 saturated heterocycles. The fraction of sp³-hybridized carbons (Fsp3) is 0.381. The van der Waals surface area contributed by atoms with Gasteiger partial charge in [-0.15, -0.1) is 0 Å². The molecule has 1 amide bonds. The number of aryl methyl sites for hydroxylation is 1. The van der Waals surface area contributed by atoms with E-state index in [1.807, 2.05) is 6.07 Å². The summed E-state index contributed by atoms with van der Waals surface area (Å²) < 4.78 is 0. The number of nitrogens with zero attached hydrogens (tertiary/aromatic N) is 1. The summed E-state index contributed by atoms with van der Waals surface area (Å²) in [6.07, 6.45) is 5.24. The summed E-state index contributed by atoms with van der Waals surface area (Å²) >= 11 is 0. The van der Waals surface area contributed by atoms with Crippen LogP contribution < -0.4 is 0 Å². The zero-order chi connectivity index (χ0) is 15.6. The van der Waals surface area contributed by atoms with Gasteiger partial charge in [-0.3, -0.25) is 4.79 Å². The highest BCUT2D eigenvalue weighted by molar-refractivity contribution is 5.78. The first kappa shape index (κ1) is 14.5. The van der Waals surface area contributed by atoms with E-state index in [2.05, 4.69) is 53.4 Å². The third kappa shape index (κ3) is 3.17. The van der Waals surface area contributed by atoms with Gasteiger partial charge in [0, 0.05) is 19.0 Å². The summed E-state index contributed by atoms with van der Waals surface area (Å²) in [6.45, 7) is 0.763. The molecule has 0 heterocycles. The van der Waals surface area contributed by atoms with E-state index in [9.17, 15) is 4.79 Å². The number of rotatable bonds is 5. The summed E-state index contributed by atoms with van der Waals surface area (Å²) in [5.74, 6) is 0.744. The molecule has 0 radical (unpaired) electrons. The lowest BCUT2D eigenvalue weighted by Crippen LogP contribution is -2.33. The first-order valence-corrected chi connectivity index (χ1v) is 8.72. The minimum atomic E-state index is 0.332. The number of carbonyl (C=O) groups is 1. The molecule has 4 rings (SSSR count). The highest BCUT2D eigenvalue weighted by Gasteiger charge is 2.34. The molecule has 1 fully saturated rings. The Hall–Kier alpha value is -2.09. The first-order chi connectivity index (χ1) is 11.3. The van der Waals surface area contributed by atoms with Gasteiger partial charge < -0.3 is 4.90 Å². The van der Waals surface area contributed by atoms with Crippen LogP contribution in [-0.4, -0.2) is 16.8 Å². The molecule has 0 aromatic heterocycles. The smallest absolute Gasteiger partial charge is 0.223 e.